The molecule has 0 aliphatic heterocycles. The van der Waals surface area contributed by atoms with Crippen LogP contribution in [0.4, 0.5) is 0 Å². The van der Waals surface area contributed by atoms with Crippen LogP contribution in [0.2, 0.25) is 0 Å². The van der Waals surface area contributed by atoms with E-state index in [2.05, 4.69) is 78.2 Å². The van der Waals surface area contributed by atoms with Crippen LogP contribution < -0.4 is 5.32 Å². The van der Waals surface area contributed by atoms with Gasteiger partial charge in [-0.25, -0.2) is 0 Å². The Morgan fingerprint density at radius 1 is 1.16 bits per heavy atom. The second kappa shape index (κ2) is 7.41. The molecule has 0 bridgehead atoms. The fourth-order valence-electron chi connectivity index (χ4n) is 2.11. The number of hydrogen-bond acceptors (Lipinski definition) is 2. The summed E-state index contributed by atoms with van der Waals surface area (Å²) in [6.07, 6.45) is 2.33. The Kier molecular flexibility index (Phi) is 5.85. The summed E-state index contributed by atoms with van der Waals surface area (Å²) in [5.74, 6) is 0. The minimum atomic E-state index is 0.500. The Morgan fingerprint density at radius 2 is 1.95 bits per heavy atom. The maximum absolute atomic E-state index is 3.62. The zero-order valence-electron chi connectivity index (χ0n) is 11.4. The van der Waals surface area contributed by atoms with E-state index in [4.69, 9.17) is 0 Å². The van der Waals surface area contributed by atoms with E-state index in [1.165, 1.54) is 25.3 Å². The maximum atomic E-state index is 3.62. The first kappa shape index (κ1) is 15.0. The van der Waals surface area contributed by atoms with Gasteiger partial charge in [0.25, 0.3) is 0 Å². The predicted molar refractivity (Wildman–Crippen MR) is 93.8 cm³/mol. The summed E-state index contributed by atoms with van der Waals surface area (Å²) in [5.41, 5.74) is 1.35. The van der Waals surface area contributed by atoms with Crippen molar-refractivity contribution < 1.29 is 0 Å². The first-order valence-corrected chi connectivity index (χ1v) is 8.73. The van der Waals surface area contributed by atoms with Crippen LogP contribution in [0.3, 0.4) is 0 Å². The van der Waals surface area contributed by atoms with Crippen LogP contribution in [0, 0.1) is 3.57 Å². The summed E-state index contributed by atoms with van der Waals surface area (Å²) in [6, 6.07) is 13.6. The van der Waals surface area contributed by atoms with Crippen molar-refractivity contribution in [1.82, 2.24) is 5.32 Å². The van der Waals surface area contributed by atoms with Gasteiger partial charge in [-0.3, -0.25) is 0 Å². The molecule has 1 nitrogen and oxygen atoms in total. The van der Waals surface area contributed by atoms with Crippen LogP contribution >= 0.6 is 33.9 Å². The van der Waals surface area contributed by atoms with Gasteiger partial charge in [0, 0.05) is 24.9 Å². The van der Waals surface area contributed by atoms with Crippen LogP contribution in [0.15, 0.2) is 36.4 Å². The summed E-state index contributed by atoms with van der Waals surface area (Å²) < 4.78 is 1.32. The van der Waals surface area contributed by atoms with Gasteiger partial charge >= 0.3 is 0 Å². The average molecular weight is 385 g/mol. The molecule has 102 valence electrons. The predicted octanol–water partition coefficient (Wildman–Crippen LogP) is 5.47. The minimum Gasteiger partial charge on any atom is -0.309 e. The van der Waals surface area contributed by atoms with Crippen LogP contribution in [0.5, 0.6) is 0 Å². The van der Waals surface area contributed by atoms with Crippen LogP contribution in [-0.2, 0) is 0 Å². The van der Waals surface area contributed by atoms with E-state index in [1.54, 1.807) is 0 Å². The monoisotopic (exact) mass is 385 g/mol. The molecule has 0 aliphatic rings. The Labute approximate surface area is 133 Å². The Hall–Kier alpha value is -0.390. The molecule has 19 heavy (non-hydrogen) atoms. The first-order valence-electron chi connectivity index (χ1n) is 6.84. The number of hydrogen-bond donors (Lipinski definition) is 1. The normalized spacial score (nSPS) is 12.6. The van der Waals surface area contributed by atoms with Crippen molar-refractivity contribution in [3.8, 4) is 10.4 Å². The van der Waals surface area contributed by atoms with Gasteiger partial charge in [0.2, 0.25) is 0 Å². The lowest BCUT2D eigenvalue weighted by Gasteiger charge is -2.14. The second-order valence-electron chi connectivity index (χ2n) is 4.60. The summed E-state index contributed by atoms with van der Waals surface area (Å²) in [7, 11) is 0. The first-order chi connectivity index (χ1) is 9.26. The Bertz CT molecular complexity index is 521. The molecule has 0 saturated heterocycles. The zero-order valence-corrected chi connectivity index (χ0v) is 14.4. The van der Waals surface area contributed by atoms with Crippen LogP contribution in [0.1, 0.15) is 37.6 Å². The van der Waals surface area contributed by atoms with Gasteiger partial charge in [0.15, 0.2) is 0 Å². The fourth-order valence-corrected chi connectivity index (χ4v) is 4.18. The number of halogens is 1. The van der Waals surface area contributed by atoms with Crippen molar-refractivity contribution in [2.75, 3.05) is 6.54 Å². The third-order valence-corrected chi connectivity index (χ3v) is 5.33. The Morgan fingerprint density at radius 3 is 2.63 bits per heavy atom. The molecular weight excluding hydrogens is 365 g/mol. The van der Waals surface area contributed by atoms with Crippen molar-refractivity contribution in [2.45, 2.75) is 32.7 Å². The number of benzene rings is 1. The number of nitrogens with one attached hydrogen (secondary N) is 1. The smallest absolute Gasteiger partial charge is 0.0412 e. The standard InChI is InChI=1S/C16H20INS/c1-3-11-18-14(4-2)16-10-9-15(19-16)12-7-5-6-8-13(12)17/h5-10,14,18H,3-4,11H2,1-2H3. The molecule has 3 heteroatoms. The van der Waals surface area contributed by atoms with Gasteiger partial charge in [-0.15, -0.1) is 11.3 Å². The quantitative estimate of drug-likeness (QED) is 0.651. The van der Waals surface area contributed by atoms with Crippen LogP contribution in [0.25, 0.3) is 10.4 Å². The van der Waals surface area contributed by atoms with Gasteiger partial charge in [-0.1, -0.05) is 32.0 Å². The van der Waals surface area contributed by atoms with E-state index in [1.807, 2.05) is 11.3 Å². The van der Waals surface area contributed by atoms with E-state index >= 15 is 0 Å². The molecule has 0 saturated carbocycles. The van der Waals surface area contributed by atoms with Crippen LogP contribution in [-0.4, -0.2) is 6.54 Å². The fraction of sp³-hybridized carbons (Fsp3) is 0.375. The molecule has 0 radical (unpaired) electrons. The summed E-state index contributed by atoms with van der Waals surface area (Å²) >= 11 is 4.33. The third-order valence-electron chi connectivity index (χ3n) is 3.16. The van der Waals surface area contributed by atoms with Crippen molar-refractivity contribution in [3.63, 3.8) is 0 Å². The summed E-state index contributed by atoms with van der Waals surface area (Å²) in [6.45, 7) is 5.56. The van der Waals surface area contributed by atoms with E-state index in [9.17, 15) is 0 Å². The molecule has 0 fully saturated rings. The third kappa shape index (κ3) is 3.80. The molecule has 1 heterocycles. The highest BCUT2D eigenvalue weighted by atomic mass is 127. The molecule has 2 aromatic rings. The molecule has 1 N–H and O–H groups in total. The van der Waals surface area contributed by atoms with E-state index in [0.29, 0.717) is 6.04 Å². The largest absolute Gasteiger partial charge is 0.309 e. The van der Waals surface area contributed by atoms with Crippen molar-refractivity contribution in [2.24, 2.45) is 0 Å². The lowest BCUT2D eigenvalue weighted by Crippen LogP contribution is -2.20. The van der Waals surface area contributed by atoms with E-state index in [0.717, 1.165) is 13.0 Å². The van der Waals surface area contributed by atoms with Gasteiger partial charge in [-0.05, 0) is 60.2 Å². The average Bonchev–Trinajstić information content (AvgIpc) is 2.90. The molecule has 0 aliphatic carbocycles. The Balaban J connectivity index is 2.21. The van der Waals surface area contributed by atoms with Crippen molar-refractivity contribution >= 4 is 33.9 Å². The highest BCUT2D eigenvalue weighted by Crippen LogP contribution is 2.34. The minimum absolute atomic E-state index is 0.500. The van der Waals surface area contributed by atoms with Gasteiger partial charge in [0.1, 0.15) is 0 Å². The highest BCUT2D eigenvalue weighted by Gasteiger charge is 2.12. The highest BCUT2D eigenvalue weighted by molar-refractivity contribution is 14.1. The zero-order chi connectivity index (χ0) is 13.7. The molecule has 0 amide bonds. The maximum Gasteiger partial charge on any atom is 0.0412 e. The molecule has 1 aromatic heterocycles. The lowest BCUT2D eigenvalue weighted by atomic mass is 10.1. The molecule has 1 aromatic carbocycles. The SMILES string of the molecule is CCCNC(CC)c1ccc(-c2ccccc2I)s1. The van der Waals surface area contributed by atoms with Gasteiger partial charge < -0.3 is 5.32 Å². The molecular formula is C16H20INS. The second-order valence-corrected chi connectivity index (χ2v) is 6.87. The topological polar surface area (TPSA) is 12.0 Å². The molecule has 1 unspecified atom stereocenters. The molecule has 1 atom stereocenters. The summed E-state index contributed by atoms with van der Waals surface area (Å²) in [5, 5.41) is 3.62. The number of thiophene rings is 1. The molecule has 0 spiro atoms. The summed E-state index contributed by atoms with van der Waals surface area (Å²) in [4.78, 5) is 2.82. The number of rotatable bonds is 6. The lowest BCUT2D eigenvalue weighted by molar-refractivity contribution is 0.525. The van der Waals surface area contributed by atoms with Gasteiger partial charge in [0.05, 0.1) is 0 Å². The van der Waals surface area contributed by atoms with Gasteiger partial charge in [-0.2, -0.15) is 0 Å². The molecule has 2 rings (SSSR count). The van der Waals surface area contributed by atoms with Crippen molar-refractivity contribution in [1.29, 1.82) is 0 Å². The van der Waals surface area contributed by atoms with E-state index in [-0.39, 0.29) is 0 Å². The van der Waals surface area contributed by atoms with E-state index < -0.39 is 0 Å². The van der Waals surface area contributed by atoms with Crippen molar-refractivity contribution in [3.05, 3.63) is 44.8 Å².